The first-order valence-corrected chi connectivity index (χ1v) is 8.90. The van der Waals surface area contributed by atoms with Crippen LogP contribution in [0.5, 0.6) is 0 Å². The largest absolute Gasteiger partial charge is 0.326 e. The third-order valence-electron chi connectivity index (χ3n) is 3.99. The van der Waals surface area contributed by atoms with Crippen LogP contribution in [0.1, 0.15) is 32.7 Å². The third kappa shape index (κ3) is 3.74. The molecule has 0 aliphatic carbocycles. The number of nitrogens with one attached hydrogen (secondary N) is 1. The highest BCUT2D eigenvalue weighted by Crippen LogP contribution is 2.25. The molecule has 0 bridgehead atoms. The maximum absolute atomic E-state index is 12.1. The van der Waals surface area contributed by atoms with Gasteiger partial charge in [0.25, 0.3) is 11.8 Å². The SMILES string of the molecule is Cc1ccc(SCCC(=O)Nc2ccc3c(c2)C(=O)N(C)C3=O)cc1. The lowest BCUT2D eigenvalue weighted by Gasteiger charge is -2.06. The van der Waals surface area contributed by atoms with E-state index in [1.165, 1.54) is 12.6 Å². The number of anilines is 1. The summed E-state index contributed by atoms with van der Waals surface area (Å²) in [5, 5.41) is 2.78. The van der Waals surface area contributed by atoms with E-state index in [9.17, 15) is 14.4 Å². The van der Waals surface area contributed by atoms with Gasteiger partial charge in [0.1, 0.15) is 0 Å². The Hall–Kier alpha value is -2.60. The molecule has 3 rings (SSSR count). The topological polar surface area (TPSA) is 66.5 Å². The highest BCUT2D eigenvalue weighted by atomic mass is 32.2. The van der Waals surface area contributed by atoms with Crippen molar-refractivity contribution >= 4 is 35.2 Å². The van der Waals surface area contributed by atoms with Gasteiger partial charge in [-0.1, -0.05) is 17.7 Å². The van der Waals surface area contributed by atoms with Crippen molar-refractivity contribution in [2.24, 2.45) is 0 Å². The van der Waals surface area contributed by atoms with Crippen molar-refractivity contribution in [3.05, 3.63) is 59.2 Å². The van der Waals surface area contributed by atoms with Gasteiger partial charge in [0.15, 0.2) is 0 Å². The van der Waals surface area contributed by atoms with Gasteiger partial charge in [-0.2, -0.15) is 0 Å². The van der Waals surface area contributed by atoms with Gasteiger partial charge in [-0.3, -0.25) is 19.3 Å². The van der Waals surface area contributed by atoms with E-state index in [4.69, 9.17) is 0 Å². The number of carbonyl (C=O) groups excluding carboxylic acids is 3. The number of rotatable bonds is 5. The molecule has 0 fully saturated rings. The molecule has 1 heterocycles. The molecule has 0 aromatic heterocycles. The molecule has 1 aliphatic heterocycles. The smallest absolute Gasteiger partial charge is 0.261 e. The van der Waals surface area contributed by atoms with E-state index in [1.54, 1.807) is 30.0 Å². The Morgan fingerprint density at radius 2 is 1.72 bits per heavy atom. The van der Waals surface area contributed by atoms with Crippen LogP contribution >= 0.6 is 11.8 Å². The summed E-state index contributed by atoms with van der Waals surface area (Å²) in [6.45, 7) is 2.04. The summed E-state index contributed by atoms with van der Waals surface area (Å²) in [5.41, 5.74) is 2.44. The van der Waals surface area contributed by atoms with Crippen LogP contribution in [0, 0.1) is 6.92 Å². The molecule has 1 aliphatic rings. The molecule has 2 aromatic carbocycles. The Kier molecular flexibility index (Phi) is 4.90. The summed E-state index contributed by atoms with van der Waals surface area (Å²) in [6.07, 6.45) is 0.363. The molecule has 1 N–H and O–H groups in total. The fraction of sp³-hybridized carbons (Fsp3) is 0.211. The molecular formula is C19H18N2O3S. The predicted molar refractivity (Wildman–Crippen MR) is 98.0 cm³/mol. The van der Waals surface area contributed by atoms with Crippen LogP contribution in [-0.4, -0.2) is 35.4 Å². The number of aryl methyl sites for hydroxylation is 1. The third-order valence-corrected chi connectivity index (χ3v) is 5.01. The quantitative estimate of drug-likeness (QED) is 0.661. The molecular weight excluding hydrogens is 336 g/mol. The lowest BCUT2D eigenvalue weighted by atomic mass is 10.1. The highest BCUT2D eigenvalue weighted by molar-refractivity contribution is 7.99. The summed E-state index contributed by atoms with van der Waals surface area (Å²) in [5.74, 6) is -0.108. The maximum Gasteiger partial charge on any atom is 0.261 e. The minimum atomic E-state index is -0.342. The zero-order valence-corrected chi connectivity index (χ0v) is 14.9. The Labute approximate surface area is 150 Å². The van der Waals surface area contributed by atoms with Gasteiger partial charge in [0.05, 0.1) is 11.1 Å². The first-order chi connectivity index (χ1) is 12.0. The van der Waals surface area contributed by atoms with Gasteiger partial charge in [0, 0.05) is 29.8 Å². The van der Waals surface area contributed by atoms with Crippen molar-refractivity contribution in [1.29, 1.82) is 0 Å². The number of thioether (sulfide) groups is 1. The first-order valence-electron chi connectivity index (χ1n) is 7.91. The van der Waals surface area contributed by atoms with Crippen LogP contribution in [0.3, 0.4) is 0 Å². The normalized spacial score (nSPS) is 13.1. The van der Waals surface area contributed by atoms with E-state index in [2.05, 4.69) is 5.32 Å². The average Bonchev–Trinajstić information content (AvgIpc) is 2.81. The molecule has 0 spiro atoms. The van der Waals surface area contributed by atoms with Gasteiger partial charge in [-0.15, -0.1) is 11.8 Å². The van der Waals surface area contributed by atoms with Crippen molar-refractivity contribution in [2.45, 2.75) is 18.2 Å². The van der Waals surface area contributed by atoms with Crippen LogP contribution in [0.15, 0.2) is 47.4 Å². The first kappa shape index (κ1) is 17.2. The fourth-order valence-corrected chi connectivity index (χ4v) is 3.41. The van der Waals surface area contributed by atoms with Crippen molar-refractivity contribution in [3.8, 4) is 0 Å². The minimum Gasteiger partial charge on any atom is -0.326 e. The summed E-state index contributed by atoms with van der Waals surface area (Å²) >= 11 is 1.62. The molecule has 5 nitrogen and oxygen atoms in total. The molecule has 128 valence electrons. The predicted octanol–water partition coefficient (Wildman–Crippen LogP) is 3.34. The second kappa shape index (κ2) is 7.11. The zero-order valence-electron chi connectivity index (χ0n) is 14.0. The number of hydrogen-bond acceptors (Lipinski definition) is 4. The van der Waals surface area contributed by atoms with Gasteiger partial charge in [0.2, 0.25) is 5.91 Å². The van der Waals surface area contributed by atoms with Crippen molar-refractivity contribution in [3.63, 3.8) is 0 Å². The molecule has 25 heavy (non-hydrogen) atoms. The molecule has 2 aromatic rings. The minimum absolute atomic E-state index is 0.121. The van der Waals surface area contributed by atoms with Gasteiger partial charge in [-0.25, -0.2) is 0 Å². The van der Waals surface area contributed by atoms with Crippen molar-refractivity contribution in [1.82, 2.24) is 4.90 Å². The summed E-state index contributed by atoms with van der Waals surface area (Å²) in [7, 11) is 1.45. The van der Waals surface area contributed by atoms with Gasteiger partial charge in [-0.05, 0) is 37.3 Å². The van der Waals surface area contributed by atoms with Gasteiger partial charge < -0.3 is 5.32 Å². The second-order valence-corrected chi connectivity index (χ2v) is 7.06. The van der Waals surface area contributed by atoms with Gasteiger partial charge >= 0.3 is 0 Å². The van der Waals surface area contributed by atoms with Crippen LogP contribution in [0.2, 0.25) is 0 Å². The molecule has 6 heteroatoms. The second-order valence-electron chi connectivity index (χ2n) is 5.89. The Bertz CT molecular complexity index is 846. The van der Waals surface area contributed by atoms with E-state index in [0.717, 1.165) is 9.80 Å². The van der Waals surface area contributed by atoms with E-state index in [-0.39, 0.29) is 17.7 Å². The number of amides is 3. The lowest BCUT2D eigenvalue weighted by molar-refractivity contribution is -0.115. The molecule has 0 radical (unpaired) electrons. The van der Waals surface area contributed by atoms with E-state index in [1.807, 2.05) is 31.2 Å². The van der Waals surface area contributed by atoms with Crippen LogP contribution in [0.25, 0.3) is 0 Å². The number of fused-ring (bicyclic) bond motifs is 1. The summed E-state index contributed by atoms with van der Waals surface area (Å²) < 4.78 is 0. The van der Waals surface area contributed by atoms with Crippen LogP contribution in [0.4, 0.5) is 5.69 Å². The Morgan fingerprint density at radius 1 is 1.04 bits per heavy atom. The number of imide groups is 1. The van der Waals surface area contributed by atoms with E-state index in [0.29, 0.717) is 29.0 Å². The van der Waals surface area contributed by atoms with Crippen LogP contribution in [-0.2, 0) is 4.79 Å². The molecule has 3 amide bonds. The molecule has 0 saturated heterocycles. The number of carbonyl (C=O) groups is 3. The zero-order chi connectivity index (χ0) is 18.0. The Morgan fingerprint density at radius 3 is 2.44 bits per heavy atom. The summed E-state index contributed by atoms with van der Waals surface area (Å²) in [6, 6.07) is 13.0. The molecule has 0 unspecified atom stereocenters. The lowest BCUT2D eigenvalue weighted by Crippen LogP contribution is -2.24. The standard InChI is InChI=1S/C19H18N2O3S/c1-12-3-6-14(7-4-12)25-10-9-17(22)20-13-5-8-15-16(11-13)19(24)21(2)18(15)23/h3-8,11H,9-10H2,1-2H3,(H,20,22). The average molecular weight is 354 g/mol. The number of nitrogens with zero attached hydrogens (tertiary/aromatic N) is 1. The number of benzene rings is 2. The molecule has 0 saturated carbocycles. The molecule has 0 atom stereocenters. The van der Waals surface area contributed by atoms with Crippen molar-refractivity contribution < 1.29 is 14.4 Å². The summed E-state index contributed by atoms with van der Waals surface area (Å²) in [4.78, 5) is 38.1. The van der Waals surface area contributed by atoms with Crippen molar-refractivity contribution in [2.75, 3.05) is 18.1 Å². The van der Waals surface area contributed by atoms with E-state index < -0.39 is 0 Å². The highest BCUT2D eigenvalue weighted by Gasteiger charge is 2.32. The number of hydrogen-bond donors (Lipinski definition) is 1. The van der Waals surface area contributed by atoms with E-state index >= 15 is 0 Å². The monoisotopic (exact) mass is 354 g/mol. The van der Waals surface area contributed by atoms with Crippen LogP contribution < -0.4 is 5.32 Å². The maximum atomic E-state index is 12.1. The Balaban J connectivity index is 1.56. The fourth-order valence-electron chi connectivity index (χ4n) is 2.56.